The van der Waals surface area contributed by atoms with Crippen LogP contribution in [0.2, 0.25) is 0 Å². The van der Waals surface area contributed by atoms with Crippen molar-refractivity contribution < 1.29 is 23.0 Å². The molecular formula is C16H16F2N2O3. The van der Waals surface area contributed by atoms with Gasteiger partial charge in [-0.3, -0.25) is 0 Å². The van der Waals surface area contributed by atoms with Gasteiger partial charge in [0.2, 0.25) is 0 Å². The first-order valence-electron chi connectivity index (χ1n) is 6.74. The van der Waals surface area contributed by atoms with E-state index in [-0.39, 0.29) is 12.1 Å². The molecule has 5 nitrogen and oxygen atoms in total. The van der Waals surface area contributed by atoms with Gasteiger partial charge in [-0.1, -0.05) is 0 Å². The normalized spacial score (nSPS) is 10.1. The Morgan fingerprint density at radius 2 is 1.87 bits per heavy atom. The van der Waals surface area contributed by atoms with Crippen LogP contribution in [0.15, 0.2) is 36.4 Å². The molecule has 0 aromatic heterocycles. The minimum Gasteiger partial charge on any atom is -0.497 e. The molecule has 0 unspecified atom stereocenters. The van der Waals surface area contributed by atoms with Crippen LogP contribution in [-0.2, 0) is 6.54 Å². The van der Waals surface area contributed by atoms with Crippen molar-refractivity contribution in [1.82, 2.24) is 5.32 Å². The highest BCUT2D eigenvalue weighted by Crippen LogP contribution is 2.28. The van der Waals surface area contributed by atoms with E-state index in [1.165, 1.54) is 14.2 Å². The zero-order valence-electron chi connectivity index (χ0n) is 12.7. The molecule has 2 amide bonds. The van der Waals surface area contributed by atoms with Gasteiger partial charge < -0.3 is 20.1 Å². The molecule has 122 valence electrons. The van der Waals surface area contributed by atoms with E-state index in [0.29, 0.717) is 17.2 Å². The lowest BCUT2D eigenvalue weighted by Gasteiger charge is -2.12. The maximum atomic E-state index is 13.5. The molecule has 0 heterocycles. The number of amides is 2. The molecule has 0 fully saturated rings. The smallest absolute Gasteiger partial charge is 0.319 e. The number of benzene rings is 2. The minimum absolute atomic E-state index is 0.0535. The van der Waals surface area contributed by atoms with E-state index in [1.54, 1.807) is 18.2 Å². The Kier molecular flexibility index (Phi) is 5.35. The van der Waals surface area contributed by atoms with Crippen LogP contribution >= 0.6 is 0 Å². The molecule has 0 saturated carbocycles. The molecule has 7 heteroatoms. The summed E-state index contributed by atoms with van der Waals surface area (Å²) in [5.74, 6) is -0.182. The summed E-state index contributed by atoms with van der Waals surface area (Å²) >= 11 is 0. The largest absolute Gasteiger partial charge is 0.497 e. The Bertz CT molecular complexity index is 708. The van der Waals surface area contributed by atoms with Crippen LogP contribution in [0, 0.1) is 11.6 Å². The zero-order chi connectivity index (χ0) is 16.8. The minimum atomic E-state index is -0.592. The highest BCUT2D eigenvalue weighted by Gasteiger charge is 2.10. The number of carbonyl (C=O) groups excluding carboxylic acids is 1. The lowest BCUT2D eigenvalue weighted by Crippen LogP contribution is -2.28. The Balaban J connectivity index is 2.03. The third kappa shape index (κ3) is 4.32. The second kappa shape index (κ2) is 7.44. The summed E-state index contributed by atoms with van der Waals surface area (Å²) in [6, 6.07) is 7.38. The molecule has 0 spiro atoms. The molecule has 0 aliphatic carbocycles. The second-order valence-electron chi connectivity index (χ2n) is 4.61. The fourth-order valence-corrected chi connectivity index (χ4v) is 1.93. The number of nitrogens with one attached hydrogen (secondary N) is 2. The van der Waals surface area contributed by atoms with Crippen molar-refractivity contribution in [2.24, 2.45) is 0 Å². The van der Waals surface area contributed by atoms with Crippen molar-refractivity contribution >= 4 is 11.7 Å². The van der Waals surface area contributed by atoms with Crippen molar-refractivity contribution in [1.29, 1.82) is 0 Å². The summed E-state index contributed by atoms with van der Waals surface area (Å²) in [5.41, 5.74) is 0.446. The zero-order valence-corrected chi connectivity index (χ0v) is 12.7. The average molecular weight is 322 g/mol. The third-order valence-corrected chi connectivity index (χ3v) is 3.10. The number of urea groups is 1. The molecule has 0 bridgehead atoms. The molecule has 23 heavy (non-hydrogen) atoms. The summed E-state index contributed by atoms with van der Waals surface area (Å²) < 4.78 is 36.8. The highest BCUT2D eigenvalue weighted by atomic mass is 19.1. The lowest BCUT2D eigenvalue weighted by atomic mass is 10.2. The number of halogens is 2. The van der Waals surface area contributed by atoms with Gasteiger partial charge in [-0.15, -0.1) is 0 Å². The molecule has 2 N–H and O–H groups in total. The van der Waals surface area contributed by atoms with E-state index in [4.69, 9.17) is 9.47 Å². The fraction of sp³-hybridized carbons (Fsp3) is 0.188. The SMILES string of the molecule is COc1ccc(OC)c(NC(=O)NCc2cc(F)ccc2F)c1. The number of hydrogen-bond donors (Lipinski definition) is 2. The fourth-order valence-electron chi connectivity index (χ4n) is 1.93. The van der Waals surface area contributed by atoms with Gasteiger partial charge in [-0.05, 0) is 30.3 Å². The number of anilines is 1. The molecule has 0 radical (unpaired) electrons. The summed E-state index contributed by atoms with van der Waals surface area (Å²) in [6.45, 7) is -0.151. The Hall–Kier alpha value is -2.83. The number of methoxy groups -OCH3 is 2. The molecule has 2 aromatic rings. The van der Waals surface area contributed by atoms with Crippen molar-refractivity contribution in [2.45, 2.75) is 6.54 Å². The van der Waals surface area contributed by atoms with E-state index in [1.807, 2.05) is 0 Å². The van der Waals surface area contributed by atoms with Crippen LogP contribution in [0.3, 0.4) is 0 Å². The monoisotopic (exact) mass is 322 g/mol. The van der Waals surface area contributed by atoms with E-state index in [2.05, 4.69) is 10.6 Å². The number of rotatable bonds is 5. The average Bonchev–Trinajstić information content (AvgIpc) is 2.55. The maximum absolute atomic E-state index is 13.5. The van der Waals surface area contributed by atoms with E-state index >= 15 is 0 Å². The van der Waals surface area contributed by atoms with Crippen molar-refractivity contribution in [3.05, 3.63) is 53.6 Å². The van der Waals surface area contributed by atoms with Gasteiger partial charge in [0.15, 0.2) is 0 Å². The first kappa shape index (κ1) is 16.5. The molecule has 2 aromatic carbocycles. The quantitative estimate of drug-likeness (QED) is 0.888. The van der Waals surface area contributed by atoms with Crippen LogP contribution in [0.25, 0.3) is 0 Å². The van der Waals surface area contributed by atoms with E-state index < -0.39 is 17.7 Å². The van der Waals surface area contributed by atoms with Crippen LogP contribution < -0.4 is 20.1 Å². The van der Waals surface area contributed by atoms with Gasteiger partial charge in [0.25, 0.3) is 0 Å². The standard InChI is InChI=1S/C16H16F2N2O3/c1-22-12-4-6-15(23-2)14(8-12)20-16(21)19-9-10-7-11(17)3-5-13(10)18/h3-8H,9H2,1-2H3,(H2,19,20,21). The first-order chi connectivity index (χ1) is 11.0. The third-order valence-electron chi connectivity index (χ3n) is 3.10. The molecule has 0 aliphatic heterocycles. The van der Waals surface area contributed by atoms with Crippen LogP contribution in [0.4, 0.5) is 19.3 Å². The first-order valence-corrected chi connectivity index (χ1v) is 6.74. The van der Waals surface area contributed by atoms with E-state index in [9.17, 15) is 13.6 Å². The maximum Gasteiger partial charge on any atom is 0.319 e. The van der Waals surface area contributed by atoms with Crippen molar-refractivity contribution in [3.63, 3.8) is 0 Å². The Morgan fingerprint density at radius 1 is 1.09 bits per heavy atom. The highest BCUT2D eigenvalue weighted by molar-refractivity contribution is 5.91. The summed E-state index contributed by atoms with van der Waals surface area (Å²) in [4.78, 5) is 11.9. The van der Waals surface area contributed by atoms with Crippen LogP contribution in [0.5, 0.6) is 11.5 Å². The molecular weight excluding hydrogens is 306 g/mol. The number of ether oxygens (including phenoxy) is 2. The predicted molar refractivity (Wildman–Crippen MR) is 81.8 cm³/mol. The number of hydrogen-bond acceptors (Lipinski definition) is 3. The predicted octanol–water partition coefficient (Wildman–Crippen LogP) is 3.30. The van der Waals surface area contributed by atoms with Crippen LogP contribution in [0.1, 0.15) is 5.56 Å². The number of carbonyl (C=O) groups is 1. The van der Waals surface area contributed by atoms with Crippen molar-refractivity contribution in [2.75, 3.05) is 19.5 Å². The summed E-state index contributed by atoms with van der Waals surface area (Å²) in [7, 11) is 2.96. The van der Waals surface area contributed by atoms with Gasteiger partial charge in [-0.25, -0.2) is 13.6 Å². The van der Waals surface area contributed by atoms with Gasteiger partial charge in [0.1, 0.15) is 23.1 Å². The van der Waals surface area contributed by atoms with Gasteiger partial charge in [0, 0.05) is 18.2 Å². The van der Waals surface area contributed by atoms with Gasteiger partial charge in [0.05, 0.1) is 19.9 Å². The Morgan fingerprint density at radius 3 is 2.57 bits per heavy atom. The molecule has 0 saturated heterocycles. The van der Waals surface area contributed by atoms with Crippen molar-refractivity contribution in [3.8, 4) is 11.5 Å². The molecule has 0 atom stereocenters. The second-order valence-corrected chi connectivity index (χ2v) is 4.61. The van der Waals surface area contributed by atoms with Gasteiger partial charge in [-0.2, -0.15) is 0 Å². The topological polar surface area (TPSA) is 59.6 Å². The van der Waals surface area contributed by atoms with Gasteiger partial charge >= 0.3 is 6.03 Å². The summed E-state index contributed by atoms with van der Waals surface area (Å²) in [6.07, 6.45) is 0. The van der Waals surface area contributed by atoms with Crippen LogP contribution in [-0.4, -0.2) is 20.3 Å². The molecule has 0 aliphatic rings. The van der Waals surface area contributed by atoms with E-state index in [0.717, 1.165) is 18.2 Å². The molecule has 2 rings (SSSR count). The Labute approximate surface area is 132 Å². The summed E-state index contributed by atoms with van der Waals surface area (Å²) in [5, 5.41) is 5.02. The lowest BCUT2D eigenvalue weighted by molar-refractivity contribution is 0.251.